The van der Waals surface area contributed by atoms with E-state index in [1.54, 1.807) is 18.2 Å². The zero-order valence-corrected chi connectivity index (χ0v) is 9.56. The van der Waals surface area contributed by atoms with Crippen molar-refractivity contribution in [1.82, 2.24) is 0 Å². The molecule has 6 heteroatoms. The molecule has 0 saturated heterocycles. The van der Waals surface area contributed by atoms with Crippen molar-refractivity contribution in [2.45, 2.75) is 12.7 Å². The number of carbonyl (C=O) groups excluding carboxylic acids is 1. The standard InChI is InChI=1S/C9H10ClNO3S/c1-6(12)11-8-3-2-7(5-15(13)14)9(10)4-8/h2-4H,5H2,1H3,(H,11,12)(H,13,14). The Morgan fingerprint density at radius 2 is 2.27 bits per heavy atom. The van der Waals surface area contributed by atoms with Crippen LogP contribution in [0, 0.1) is 0 Å². The molecule has 82 valence electrons. The van der Waals surface area contributed by atoms with E-state index >= 15 is 0 Å². The molecule has 0 spiro atoms. The van der Waals surface area contributed by atoms with Gasteiger partial charge in [-0.15, -0.1) is 0 Å². The molecule has 4 nitrogen and oxygen atoms in total. The van der Waals surface area contributed by atoms with Crippen molar-refractivity contribution in [3.05, 3.63) is 28.8 Å². The molecule has 1 aromatic carbocycles. The maximum absolute atomic E-state index is 10.7. The summed E-state index contributed by atoms with van der Waals surface area (Å²) in [7, 11) is 0. The fourth-order valence-electron chi connectivity index (χ4n) is 1.08. The van der Waals surface area contributed by atoms with Gasteiger partial charge in [0.2, 0.25) is 5.91 Å². The van der Waals surface area contributed by atoms with E-state index in [9.17, 15) is 9.00 Å². The summed E-state index contributed by atoms with van der Waals surface area (Å²) in [6, 6.07) is 4.79. The largest absolute Gasteiger partial charge is 0.326 e. The predicted octanol–water partition coefficient (Wildman–Crippen LogP) is 2.02. The lowest BCUT2D eigenvalue weighted by atomic mass is 10.2. The van der Waals surface area contributed by atoms with E-state index in [4.69, 9.17) is 16.2 Å². The van der Waals surface area contributed by atoms with Gasteiger partial charge in [-0.05, 0) is 17.7 Å². The van der Waals surface area contributed by atoms with Crippen LogP contribution in [0.3, 0.4) is 0 Å². The van der Waals surface area contributed by atoms with Crippen molar-refractivity contribution in [2.24, 2.45) is 0 Å². The predicted molar refractivity (Wildman–Crippen MR) is 60.2 cm³/mol. The fourth-order valence-corrected chi connectivity index (χ4v) is 1.92. The van der Waals surface area contributed by atoms with Gasteiger partial charge in [0, 0.05) is 17.6 Å². The molecule has 15 heavy (non-hydrogen) atoms. The van der Waals surface area contributed by atoms with Crippen LogP contribution in [0.4, 0.5) is 5.69 Å². The van der Waals surface area contributed by atoms with Gasteiger partial charge in [0.25, 0.3) is 0 Å². The first-order chi connectivity index (χ1) is 6.99. The maximum atomic E-state index is 10.7. The first kappa shape index (κ1) is 12.2. The lowest BCUT2D eigenvalue weighted by Crippen LogP contribution is -2.06. The minimum absolute atomic E-state index is 0.0147. The van der Waals surface area contributed by atoms with Crippen LogP contribution in [0.2, 0.25) is 5.02 Å². The summed E-state index contributed by atoms with van der Waals surface area (Å²) in [5, 5.41) is 2.93. The van der Waals surface area contributed by atoms with E-state index in [2.05, 4.69) is 5.32 Å². The first-order valence-electron chi connectivity index (χ1n) is 4.12. The highest BCUT2D eigenvalue weighted by Gasteiger charge is 2.05. The molecule has 1 amide bonds. The highest BCUT2D eigenvalue weighted by molar-refractivity contribution is 7.78. The second-order valence-electron chi connectivity index (χ2n) is 2.95. The molecule has 0 bridgehead atoms. The summed E-state index contributed by atoms with van der Waals surface area (Å²) >= 11 is 3.94. The number of anilines is 1. The number of benzene rings is 1. The van der Waals surface area contributed by atoms with Crippen LogP contribution in [0.25, 0.3) is 0 Å². The number of amides is 1. The van der Waals surface area contributed by atoms with Crippen LogP contribution in [0.5, 0.6) is 0 Å². The molecule has 1 rings (SSSR count). The number of rotatable bonds is 3. The van der Waals surface area contributed by atoms with E-state index in [-0.39, 0.29) is 11.7 Å². The topological polar surface area (TPSA) is 66.4 Å². The van der Waals surface area contributed by atoms with Crippen LogP contribution in [0.1, 0.15) is 12.5 Å². The normalized spacial score (nSPS) is 12.2. The number of nitrogens with one attached hydrogen (secondary N) is 1. The van der Waals surface area contributed by atoms with Crippen LogP contribution in [-0.4, -0.2) is 14.7 Å². The number of hydrogen-bond acceptors (Lipinski definition) is 2. The Bertz CT molecular complexity index is 408. The Morgan fingerprint density at radius 1 is 1.60 bits per heavy atom. The van der Waals surface area contributed by atoms with Crippen molar-refractivity contribution < 1.29 is 13.6 Å². The fraction of sp³-hybridized carbons (Fsp3) is 0.222. The molecular formula is C9H10ClNO3S. The van der Waals surface area contributed by atoms with Gasteiger partial charge in [-0.2, -0.15) is 0 Å². The molecule has 2 N–H and O–H groups in total. The average Bonchev–Trinajstić information content (AvgIpc) is 2.08. The molecule has 1 aromatic rings. The molecule has 0 saturated carbocycles. The SMILES string of the molecule is CC(=O)Nc1ccc(CS(=O)O)c(Cl)c1. The lowest BCUT2D eigenvalue weighted by molar-refractivity contribution is -0.114. The second-order valence-corrected chi connectivity index (χ2v) is 4.29. The molecule has 0 fully saturated rings. The third-order valence-corrected chi connectivity index (χ3v) is 2.56. The molecule has 0 aliphatic heterocycles. The van der Waals surface area contributed by atoms with Crippen molar-refractivity contribution >= 4 is 34.3 Å². The number of halogens is 1. The quantitative estimate of drug-likeness (QED) is 0.803. The van der Waals surface area contributed by atoms with Crippen molar-refractivity contribution in [2.75, 3.05) is 5.32 Å². The molecular weight excluding hydrogens is 238 g/mol. The van der Waals surface area contributed by atoms with Gasteiger partial charge in [0.15, 0.2) is 11.1 Å². The minimum atomic E-state index is -1.92. The van der Waals surface area contributed by atoms with Gasteiger partial charge in [-0.1, -0.05) is 17.7 Å². The molecule has 0 radical (unpaired) electrons. The third kappa shape index (κ3) is 3.99. The Morgan fingerprint density at radius 3 is 2.73 bits per heavy atom. The van der Waals surface area contributed by atoms with Gasteiger partial charge < -0.3 is 9.87 Å². The Kier molecular flexibility index (Phi) is 4.26. The van der Waals surface area contributed by atoms with Gasteiger partial charge >= 0.3 is 0 Å². The maximum Gasteiger partial charge on any atom is 0.221 e. The van der Waals surface area contributed by atoms with Gasteiger partial charge in [-0.3, -0.25) is 4.79 Å². The average molecular weight is 248 g/mol. The zero-order chi connectivity index (χ0) is 11.4. The molecule has 1 atom stereocenters. The summed E-state index contributed by atoms with van der Waals surface area (Å²) in [5.74, 6) is -0.205. The lowest BCUT2D eigenvalue weighted by Gasteiger charge is -2.05. The Balaban J connectivity index is 2.87. The Labute approximate surface area is 94.9 Å². The smallest absolute Gasteiger partial charge is 0.221 e. The molecule has 0 aliphatic rings. The summed E-state index contributed by atoms with van der Waals surface area (Å²) in [6.07, 6.45) is 0. The van der Waals surface area contributed by atoms with Gasteiger partial charge in [0.05, 0.1) is 5.75 Å². The van der Waals surface area contributed by atoms with Crippen LogP contribution in [0.15, 0.2) is 18.2 Å². The molecule has 0 aromatic heterocycles. The molecule has 1 unspecified atom stereocenters. The highest BCUT2D eigenvalue weighted by atomic mass is 35.5. The summed E-state index contributed by atoms with van der Waals surface area (Å²) in [6.45, 7) is 1.39. The van der Waals surface area contributed by atoms with E-state index in [1.807, 2.05) is 0 Å². The van der Waals surface area contributed by atoms with E-state index < -0.39 is 11.1 Å². The monoisotopic (exact) mass is 247 g/mol. The minimum Gasteiger partial charge on any atom is -0.326 e. The third-order valence-electron chi connectivity index (χ3n) is 1.65. The van der Waals surface area contributed by atoms with E-state index in [0.717, 1.165) is 0 Å². The van der Waals surface area contributed by atoms with Crippen molar-refractivity contribution in [3.8, 4) is 0 Å². The summed E-state index contributed by atoms with van der Waals surface area (Å²) in [4.78, 5) is 10.7. The second kappa shape index (κ2) is 5.25. The highest BCUT2D eigenvalue weighted by Crippen LogP contribution is 2.21. The van der Waals surface area contributed by atoms with Gasteiger partial charge in [-0.25, -0.2) is 4.21 Å². The van der Waals surface area contributed by atoms with E-state index in [0.29, 0.717) is 16.3 Å². The summed E-state index contributed by atoms with van der Waals surface area (Å²) < 4.78 is 19.3. The van der Waals surface area contributed by atoms with Crippen molar-refractivity contribution in [1.29, 1.82) is 0 Å². The molecule has 0 aliphatic carbocycles. The van der Waals surface area contributed by atoms with Crippen molar-refractivity contribution in [3.63, 3.8) is 0 Å². The van der Waals surface area contributed by atoms with Crippen LogP contribution >= 0.6 is 11.6 Å². The Hall–Kier alpha value is -0.910. The van der Waals surface area contributed by atoms with Crippen LogP contribution < -0.4 is 5.32 Å². The van der Waals surface area contributed by atoms with Gasteiger partial charge in [0.1, 0.15) is 0 Å². The first-order valence-corrected chi connectivity index (χ1v) is 5.78. The zero-order valence-electron chi connectivity index (χ0n) is 7.99. The van der Waals surface area contributed by atoms with Crippen LogP contribution in [-0.2, 0) is 21.6 Å². The number of carbonyl (C=O) groups is 1. The summed E-state index contributed by atoms with van der Waals surface area (Å²) in [5.41, 5.74) is 1.14. The molecule has 0 heterocycles. The van der Waals surface area contributed by atoms with E-state index in [1.165, 1.54) is 6.92 Å². The number of hydrogen-bond donors (Lipinski definition) is 2.